The Hall–Kier alpha value is -1.42. The van der Waals surface area contributed by atoms with E-state index < -0.39 is 0 Å². The van der Waals surface area contributed by atoms with E-state index in [-0.39, 0.29) is 6.61 Å². The van der Waals surface area contributed by atoms with Crippen molar-refractivity contribution in [3.05, 3.63) is 18.2 Å². The van der Waals surface area contributed by atoms with E-state index in [1.54, 1.807) is 13.2 Å². The summed E-state index contributed by atoms with van der Waals surface area (Å²) >= 11 is 0. The van der Waals surface area contributed by atoms with Crippen molar-refractivity contribution in [3.8, 4) is 5.75 Å². The fourth-order valence-corrected chi connectivity index (χ4v) is 1.13. The minimum Gasteiger partial charge on any atom is -0.495 e. The summed E-state index contributed by atoms with van der Waals surface area (Å²) in [5.41, 5.74) is 7.24. The molecule has 0 radical (unpaired) electrons. The van der Waals surface area contributed by atoms with Gasteiger partial charge in [-0.05, 0) is 18.6 Å². The predicted octanol–water partition coefficient (Wildman–Crippen LogP) is 1.07. The maximum atomic E-state index is 8.60. The summed E-state index contributed by atoms with van der Waals surface area (Å²) in [6, 6.07) is 5.52. The van der Waals surface area contributed by atoms with E-state index >= 15 is 0 Å². The molecule has 78 valence electrons. The first-order chi connectivity index (χ1) is 6.77. The van der Waals surface area contributed by atoms with Gasteiger partial charge in [-0.15, -0.1) is 0 Å². The van der Waals surface area contributed by atoms with Crippen molar-refractivity contribution in [2.75, 3.05) is 31.3 Å². The maximum absolute atomic E-state index is 8.60. The fraction of sp³-hybridized carbons (Fsp3) is 0.400. The van der Waals surface area contributed by atoms with Gasteiger partial charge < -0.3 is 20.9 Å². The van der Waals surface area contributed by atoms with E-state index in [4.69, 9.17) is 15.6 Å². The van der Waals surface area contributed by atoms with Crippen LogP contribution >= 0.6 is 0 Å². The number of aliphatic hydroxyl groups is 1. The Kier molecular flexibility index (Phi) is 4.07. The lowest BCUT2D eigenvalue weighted by Gasteiger charge is -2.09. The van der Waals surface area contributed by atoms with E-state index in [0.717, 1.165) is 18.7 Å². The molecule has 0 fully saturated rings. The van der Waals surface area contributed by atoms with Gasteiger partial charge in [0.25, 0.3) is 0 Å². The summed E-state index contributed by atoms with van der Waals surface area (Å²) in [6.45, 7) is 0.933. The van der Waals surface area contributed by atoms with Gasteiger partial charge in [-0.25, -0.2) is 0 Å². The molecule has 1 aromatic rings. The van der Waals surface area contributed by atoms with Crippen molar-refractivity contribution in [2.24, 2.45) is 0 Å². The van der Waals surface area contributed by atoms with Crippen molar-refractivity contribution in [1.29, 1.82) is 0 Å². The topological polar surface area (TPSA) is 67.5 Å². The van der Waals surface area contributed by atoms with Gasteiger partial charge in [0.05, 0.1) is 12.8 Å². The molecule has 1 aromatic carbocycles. The second-order valence-corrected chi connectivity index (χ2v) is 2.96. The smallest absolute Gasteiger partial charge is 0.143 e. The van der Waals surface area contributed by atoms with Crippen LogP contribution in [0.25, 0.3) is 0 Å². The van der Waals surface area contributed by atoms with E-state index in [1.165, 1.54) is 0 Å². The molecule has 0 aliphatic carbocycles. The van der Waals surface area contributed by atoms with Crippen LogP contribution in [0.2, 0.25) is 0 Å². The first-order valence-electron chi connectivity index (χ1n) is 4.56. The molecule has 0 bridgehead atoms. The zero-order valence-electron chi connectivity index (χ0n) is 8.29. The molecular weight excluding hydrogens is 180 g/mol. The molecule has 0 aromatic heterocycles. The summed E-state index contributed by atoms with van der Waals surface area (Å²) in [4.78, 5) is 0. The second-order valence-electron chi connectivity index (χ2n) is 2.96. The zero-order valence-corrected chi connectivity index (χ0v) is 8.29. The number of anilines is 2. The number of nitrogens with one attached hydrogen (secondary N) is 1. The van der Waals surface area contributed by atoms with Gasteiger partial charge >= 0.3 is 0 Å². The van der Waals surface area contributed by atoms with Crippen LogP contribution in [0.15, 0.2) is 18.2 Å². The van der Waals surface area contributed by atoms with Crippen LogP contribution < -0.4 is 15.8 Å². The molecule has 0 spiro atoms. The van der Waals surface area contributed by atoms with Gasteiger partial charge in [-0.3, -0.25) is 0 Å². The van der Waals surface area contributed by atoms with Crippen LogP contribution in [0.3, 0.4) is 0 Å². The normalized spacial score (nSPS) is 9.86. The van der Waals surface area contributed by atoms with E-state index in [2.05, 4.69) is 5.32 Å². The Labute approximate surface area is 83.7 Å². The summed E-state index contributed by atoms with van der Waals surface area (Å²) in [5, 5.41) is 11.8. The molecule has 0 heterocycles. The highest BCUT2D eigenvalue weighted by Gasteiger charge is 1.99. The standard InChI is InChI=1S/C10H16N2O2/c1-14-10-7-8(3-4-9(10)11)12-5-2-6-13/h3-4,7,12-13H,2,5-6,11H2,1H3. The fourth-order valence-electron chi connectivity index (χ4n) is 1.13. The van der Waals surface area contributed by atoms with Crippen LogP contribution in [0.4, 0.5) is 11.4 Å². The molecule has 0 aliphatic heterocycles. The minimum absolute atomic E-state index is 0.194. The molecule has 0 unspecified atom stereocenters. The zero-order chi connectivity index (χ0) is 10.4. The van der Waals surface area contributed by atoms with Gasteiger partial charge in [0.2, 0.25) is 0 Å². The molecule has 4 heteroatoms. The number of nitrogen functional groups attached to an aromatic ring is 1. The van der Waals surface area contributed by atoms with Crippen LogP contribution in [-0.2, 0) is 0 Å². The molecule has 14 heavy (non-hydrogen) atoms. The lowest BCUT2D eigenvalue weighted by Crippen LogP contribution is -2.03. The minimum atomic E-state index is 0.194. The third kappa shape index (κ3) is 2.81. The first kappa shape index (κ1) is 10.7. The van der Waals surface area contributed by atoms with Crippen LogP contribution in [0.1, 0.15) is 6.42 Å². The Bertz CT molecular complexity index is 289. The number of benzene rings is 1. The van der Waals surface area contributed by atoms with Crippen LogP contribution in [-0.4, -0.2) is 25.4 Å². The second kappa shape index (κ2) is 5.34. The largest absolute Gasteiger partial charge is 0.495 e. The molecule has 0 atom stereocenters. The molecule has 0 aliphatic rings. The molecule has 4 nitrogen and oxygen atoms in total. The quantitative estimate of drug-likeness (QED) is 0.487. The van der Waals surface area contributed by atoms with E-state index in [0.29, 0.717) is 11.4 Å². The highest BCUT2D eigenvalue weighted by molar-refractivity contribution is 5.61. The highest BCUT2D eigenvalue weighted by atomic mass is 16.5. The lowest BCUT2D eigenvalue weighted by molar-refractivity contribution is 0.292. The van der Waals surface area contributed by atoms with Crippen molar-refractivity contribution in [1.82, 2.24) is 0 Å². The van der Waals surface area contributed by atoms with Crippen molar-refractivity contribution < 1.29 is 9.84 Å². The molecule has 4 N–H and O–H groups in total. The number of hydrogen-bond acceptors (Lipinski definition) is 4. The van der Waals surface area contributed by atoms with Gasteiger partial charge in [-0.1, -0.05) is 0 Å². The monoisotopic (exact) mass is 196 g/mol. The Morgan fingerprint density at radius 3 is 2.93 bits per heavy atom. The Morgan fingerprint density at radius 1 is 1.50 bits per heavy atom. The average Bonchev–Trinajstić information content (AvgIpc) is 2.21. The van der Waals surface area contributed by atoms with Gasteiger partial charge in [0.1, 0.15) is 5.75 Å². The number of nitrogens with two attached hydrogens (primary N) is 1. The lowest BCUT2D eigenvalue weighted by atomic mass is 10.2. The van der Waals surface area contributed by atoms with E-state index in [1.807, 2.05) is 12.1 Å². The third-order valence-corrected chi connectivity index (χ3v) is 1.90. The number of rotatable bonds is 5. The van der Waals surface area contributed by atoms with Crippen molar-refractivity contribution in [3.63, 3.8) is 0 Å². The summed E-state index contributed by atoms with van der Waals surface area (Å²) < 4.78 is 5.08. The Balaban J connectivity index is 2.60. The van der Waals surface area contributed by atoms with Crippen LogP contribution in [0.5, 0.6) is 5.75 Å². The summed E-state index contributed by atoms with van der Waals surface area (Å²) in [6.07, 6.45) is 0.729. The highest BCUT2D eigenvalue weighted by Crippen LogP contribution is 2.24. The predicted molar refractivity (Wildman–Crippen MR) is 57.6 cm³/mol. The molecule has 0 saturated heterocycles. The first-order valence-corrected chi connectivity index (χ1v) is 4.56. The summed E-state index contributed by atoms with van der Waals surface area (Å²) in [5.74, 6) is 0.666. The number of hydrogen-bond donors (Lipinski definition) is 3. The van der Waals surface area contributed by atoms with Gasteiger partial charge in [0, 0.05) is 24.9 Å². The SMILES string of the molecule is COc1cc(NCCCO)ccc1N. The Morgan fingerprint density at radius 2 is 2.29 bits per heavy atom. The van der Waals surface area contributed by atoms with Crippen molar-refractivity contribution >= 4 is 11.4 Å². The number of ether oxygens (including phenoxy) is 1. The molecule has 1 rings (SSSR count). The maximum Gasteiger partial charge on any atom is 0.143 e. The summed E-state index contributed by atoms with van der Waals surface area (Å²) in [7, 11) is 1.59. The van der Waals surface area contributed by atoms with E-state index in [9.17, 15) is 0 Å². The van der Waals surface area contributed by atoms with Crippen LogP contribution in [0, 0.1) is 0 Å². The molecule has 0 amide bonds. The average molecular weight is 196 g/mol. The van der Waals surface area contributed by atoms with Crippen molar-refractivity contribution in [2.45, 2.75) is 6.42 Å². The third-order valence-electron chi connectivity index (χ3n) is 1.90. The number of methoxy groups -OCH3 is 1. The van der Waals surface area contributed by atoms with Gasteiger partial charge in [0.15, 0.2) is 0 Å². The molecule has 0 saturated carbocycles. The van der Waals surface area contributed by atoms with Gasteiger partial charge in [-0.2, -0.15) is 0 Å². The molecular formula is C10H16N2O2. The number of aliphatic hydroxyl groups excluding tert-OH is 1.